The van der Waals surface area contributed by atoms with Crippen molar-refractivity contribution in [3.05, 3.63) is 23.4 Å². The molecule has 1 amide bonds. The van der Waals surface area contributed by atoms with E-state index in [1.54, 1.807) is 24.0 Å². The molecule has 104 valence electrons. The van der Waals surface area contributed by atoms with Crippen molar-refractivity contribution < 1.29 is 9.90 Å². The fourth-order valence-electron chi connectivity index (χ4n) is 2.42. The van der Waals surface area contributed by atoms with Crippen LogP contribution in [0.5, 0.6) is 0 Å². The highest BCUT2D eigenvalue weighted by molar-refractivity contribution is 5.95. The van der Waals surface area contributed by atoms with E-state index in [0.717, 1.165) is 18.5 Å². The third-order valence-corrected chi connectivity index (χ3v) is 3.39. The van der Waals surface area contributed by atoms with Gasteiger partial charge in [-0.3, -0.25) is 4.79 Å². The molecule has 1 aromatic heterocycles. The van der Waals surface area contributed by atoms with Crippen molar-refractivity contribution in [1.29, 1.82) is 0 Å². The topological polar surface area (TPSA) is 79.5 Å². The van der Waals surface area contributed by atoms with Crippen molar-refractivity contribution in [1.82, 2.24) is 9.88 Å². The van der Waals surface area contributed by atoms with Gasteiger partial charge in [0.15, 0.2) is 0 Å². The van der Waals surface area contributed by atoms with Gasteiger partial charge >= 0.3 is 0 Å². The average Bonchev–Trinajstić information content (AvgIpc) is 2.68. The molecular weight excluding hydrogens is 242 g/mol. The third kappa shape index (κ3) is 3.23. The zero-order valence-corrected chi connectivity index (χ0v) is 11.5. The Labute approximate surface area is 113 Å². The van der Waals surface area contributed by atoms with Crippen LogP contribution in [0.2, 0.25) is 0 Å². The summed E-state index contributed by atoms with van der Waals surface area (Å²) in [4.78, 5) is 18.3. The van der Waals surface area contributed by atoms with Crippen LogP contribution in [0.1, 0.15) is 42.7 Å². The van der Waals surface area contributed by atoms with E-state index in [9.17, 15) is 9.90 Å². The van der Waals surface area contributed by atoms with Gasteiger partial charge in [-0.05, 0) is 31.9 Å². The molecule has 2 rings (SSSR count). The maximum atomic E-state index is 12.4. The minimum atomic E-state index is -0.777. The molecule has 0 saturated carbocycles. The van der Waals surface area contributed by atoms with E-state index in [4.69, 9.17) is 5.73 Å². The van der Waals surface area contributed by atoms with Crippen molar-refractivity contribution in [2.75, 3.05) is 18.8 Å². The quantitative estimate of drug-likeness (QED) is 0.859. The molecule has 3 N–H and O–H groups in total. The van der Waals surface area contributed by atoms with Gasteiger partial charge in [-0.15, -0.1) is 0 Å². The zero-order chi connectivity index (χ0) is 14.0. The monoisotopic (exact) mass is 263 g/mol. The summed E-state index contributed by atoms with van der Waals surface area (Å²) in [7, 11) is 0. The van der Waals surface area contributed by atoms with E-state index >= 15 is 0 Å². The minimum Gasteiger partial charge on any atom is -0.388 e. The predicted octanol–water partition coefficient (Wildman–Crippen LogP) is 1.21. The lowest BCUT2D eigenvalue weighted by Crippen LogP contribution is -2.34. The number of β-amino-alcohol motifs (C(OH)–C–C–N with tert-alkyl or cyclic N) is 1. The van der Waals surface area contributed by atoms with Crippen LogP contribution < -0.4 is 5.73 Å². The van der Waals surface area contributed by atoms with Crippen molar-refractivity contribution in [2.24, 2.45) is 0 Å². The number of aromatic nitrogens is 1. The number of aliphatic hydroxyl groups is 1. The number of likely N-dealkylation sites (tertiary alicyclic amines) is 1. The Hall–Kier alpha value is -1.62. The van der Waals surface area contributed by atoms with Gasteiger partial charge in [0.05, 0.1) is 5.60 Å². The standard InChI is InChI=1S/C14H21N3O2/c1-3-4-11-7-10(8-12(15)16-11)13(18)17-6-5-14(2,19)9-17/h7-8,19H,3-6,9H2,1-2H3,(H2,15,16). The average molecular weight is 263 g/mol. The first kappa shape index (κ1) is 13.8. The third-order valence-electron chi connectivity index (χ3n) is 3.39. The molecule has 0 radical (unpaired) electrons. The van der Waals surface area contributed by atoms with Crippen LogP contribution in [0.15, 0.2) is 12.1 Å². The van der Waals surface area contributed by atoms with Gasteiger partial charge in [0, 0.05) is 24.3 Å². The summed E-state index contributed by atoms with van der Waals surface area (Å²) in [5.74, 6) is 0.296. The number of nitrogen functional groups attached to an aromatic ring is 1. The molecule has 19 heavy (non-hydrogen) atoms. The summed E-state index contributed by atoms with van der Waals surface area (Å²) in [6, 6.07) is 3.41. The maximum absolute atomic E-state index is 12.4. The van der Waals surface area contributed by atoms with Crippen LogP contribution in [0.4, 0.5) is 5.82 Å². The van der Waals surface area contributed by atoms with Crippen LogP contribution in [0.3, 0.4) is 0 Å². The second-order valence-corrected chi connectivity index (χ2v) is 5.50. The molecule has 2 heterocycles. The summed E-state index contributed by atoms with van der Waals surface area (Å²) in [6.07, 6.45) is 2.38. The van der Waals surface area contributed by atoms with Gasteiger partial charge in [0.2, 0.25) is 0 Å². The van der Waals surface area contributed by atoms with Crippen LogP contribution in [0.25, 0.3) is 0 Å². The number of rotatable bonds is 3. The fourth-order valence-corrected chi connectivity index (χ4v) is 2.42. The van der Waals surface area contributed by atoms with E-state index in [1.165, 1.54) is 0 Å². The van der Waals surface area contributed by atoms with E-state index in [0.29, 0.717) is 30.9 Å². The number of carbonyl (C=O) groups excluding carboxylic acids is 1. The van der Waals surface area contributed by atoms with E-state index in [2.05, 4.69) is 11.9 Å². The largest absolute Gasteiger partial charge is 0.388 e. The van der Waals surface area contributed by atoms with Gasteiger partial charge in [-0.25, -0.2) is 4.98 Å². The Bertz CT molecular complexity index is 486. The predicted molar refractivity (Wildman–Crippen MR) is 73.8 cm³/mol. The molecule has 5 nitrogen and oxygen atoms in total. The van der Waals surface area contributed by atoms with Gasteiger partial charge in [-0.2, -0.15) is 0 Å². The first-order valence-electron chi connectivity index (χ1n) is 6.69. The smallest absolute Gasteiger partial charge is 0.254 e. The number of anilines is 1. The fraction of sp³-hybridized carbons (Fsp3) is 0.571. The first-order valence-corrected chi connectivity index (χ1v) is 6.69. The molecule has 5 heteroatoms. The second-order valence-electron chi connectivity index (χ2n) is 5.50. The molecule has 0 spiro atoms. The molecule has 1 aliphatic heterocycles. The van der Waals surface area contributed by atoms with Gasteiger partial charge in [0.25, 0.3) is 5.91 Å². The number of aryl methyl sites for hydroxylation is 1. The summed E-state index contributed by atoms with van der Waals surface area (Å²) < 4.78 is 0. The van der Waals surface area contributed by atoms with Crippen LogP contribution >= 0.6 is 0 Å². The lowest BCUT2D eigenvalue weighted by Gasteiger charge is -2.19. The SMILES string of the molecule is CCCc1cc(C(=O)N2CCC(C)(O)C2)cc(N)n1. The Morgan fingerprint density at radius 3 is 2.89 bits per heavy atom. The number of hydrogen-bond acceptors (Lipinski definition) is 4. The van der Waals surface area contributed by atoms with Crippen molar-refractivity contribution in [2.45, 2.75) is 38.7 Å². The summed E-state index contributed by atoms with van der Waals surface area (Å²) in [6.45, 7) is 4.77. The zero-order valence-electron chi connectivity index (χ0n) is 11.5. The molecule has 1 atom stereocenters. The van der Waals surface area contributed by atoms with Gasteiger partial charge in [0.1, 0.15) is 5.82 Å². The van der Waals surface area contributed by atoms with Gasteiger partial charge < -0.3 is 15.7 Å². The first-order chi connectivity index (χ1) is 8.91. The van der Waals surface area contributed by atoms with E-state index < -0.39 is 5.60 Å². The number of carbonyl (C=O) groups is 1. The highest BCUT2D eigenvalue weighted by Gasteiger charge is 2.34. The highest BCUT2D eigenvalue weighted by Crippen LogP contribution is 2.22. The minimum absolute atomic E-state index is 0.0794. The van der Waals surface area contributed by atoms with Crippen LogP contribution in [-0.4, -0.2) is 39.6 Å². The van der Waals surface area contributed by atoms with Gasteiger partial charge in [-0.1, -0.05) is 13.3 Å². The molecule has 0 bridgehead atoms. The second kappa shape index (κ2) is 5.17. The molecule has 0 aromatic carbocycles. The summed E-state index contributed by atoms with van der Waals surface area (Å²) in [5, 5.41) is 9.92. The molecular formula is C14H21N3O2. The molecule has 1 aliphatic rings. The molecule has 0 aliphatic carbocycles. The normalized spacial score (nSPS) is 22.8. The van der Waals surface area contributed by atoms with Crippen LogP contribution in [-0.2, 0) is 6.42 Å². The highest BCUT2D eigenvalue weighted by atomic mass is 16.3. The summed E-state index contributed by atoms with van der Waals surface area (Å²) >= 11 is 0. The van der Waals surface area contributed by atoms with E-state index in [1.807, 2.05) is 0 Å². The number of pyridine rings is 1. The number of hydrogen-bond donors (Lipinski definition) is 2. The molecule has 1 aromatic rings. The lowest BCUT2D eigenvalue weighted by atomic mass is 10.1. The molecule has 1 saturated heterocycles. The Morgan fingerprint density at radius 1 is 1.58 bits per heavy atom. The number of amides is 1. The Balaban J connectivity index is 2.19. The lowest BCUT2D eigenvalue weighted by molar-refractivity contribution is 0.0572. The Morgan fingerprint density at radius 2 is 2.32 bits per heavy atom. The number of nitrogens with zero attached hydrogens (tertiary/aromatic N) is 2. The molecule has 1 unspecified atom stereocenters. The van der Waals surface area contributed by atoms with Crippen LogP contribution in [0, 0.1) is 0 Å². The van der Waals surface area contributed by atoms with Crippen molar-refractivity contribution in [3.63, 3.8) is 0 Å². The van der Waals surface area contributed by atoms with Crippen molar-refractivity contribution in [3.8, 4) is 0 Å². The van der Waals surface area contributed by atoms with E-state index in [-0.39, 0.29) is 5.91 Å². The van der Waals surface area contributed by atoms with Crippen molar-refractivity contribution >= 4 is 11.7 Å². The maximum Gasteiger partial charge on any atom is 0.254 e. The Kier molecular flexibility index (Phi) is 3.75. The molecule has 1 fully saturated rings. The number of nitrogens with two attached hydrogens (primary N) is 1. The summed E-state index contributed by atoms with van der Waals surface area (Å²) in [5.41, 5.74) is 6.38.